The van der Waals surface area contributed by atoms with Crippen LogP contribution in [0.5, 0.6) is 0 Å². The zero-order valence-electron chi connectivity index (χ0n) is 30.5. The van der Waals surface area contributed by atoms with Crippen molar-refractivity contribution in [1.29, 1.82) is 0 Å². The quantitative estimate of drug-likeness (QED) is 0.168. The molecule has 0 bridgehead atoms. The average molecular weight is 690 g/mol. The fraction of sp³-hybridized carbons (Fsp3) is 0.0566. The molecule has 10 rings (SSSR count). The van der Waals surface area contributed by atoms with E-state index in [0.717, 1.165) is 17.1 Å². The summed E-state index contributed by atoms with van der Waals surface area (Å²) in [7, 11) is 0. The van der Waals surface area contributed by atoms with Crippen molar-refractivity contribution >= 4 is 38.6 Å². The smallest absolute Gasteiger partial charge is 0.0465 e. The molecule has 1 aliphatic carbocycles. The summed E-state index contributed by atoms with van der Waals surface area (Å²) < 4.78 is 0. The second-order valence-corrected chi connectivity index (χ2v) is 15.0. The molecule has 0 atom stereocenters. The first-order valence-corrected chi connectivity index (χ1v) is 18.8. The molecule has 1 heteroatoms. The highest BCUT2D eigenvalue weighted by Gasteiger charge is 2.35. The normalized spacial score (nSPS) is 12.8. The van der Waals surface area contributed by atoms with E-state index < -0.39 is 0 Å². The maximum Gasteiger partial charge on any atom is 0.0465 e. The van der Waals surface area contributed by atoms with Crippen molar-refractivity contribution < 1.29 is 0 Å². The standard InChI is InChI=1S/C53H39N/c1-53(2)51-21-9-8-18-49(51)50-33-31-44(35-52(50)53)54(43-29-24-39(25-30-43)47-19-10-15-38-14-6-7-17-45(38)47)42-27-22-36(23-28-42)40-26-32-48-41(34-40)16-11-20-46(48)37-12-4-3-5-13-37/h3-35H,1-2H3. The van der Waals surface area contributed by atoms with Crippen molar-refractivity contribution in [2.75, 3.05) is 4.90 Å². The predicted octanol–water partition coefficient (Wildman–Crippen LogP) is 14.8. The van der Waals surface area contributed by atoms with Gasteiger partial charge in [-0.2, -0.15) is 0 Å². The molecule has 1 nitrogen and oxygen atoms in total. The molecule has 0 spiro atoms. The van der Waals surface area contributed by atoms with Gasteiger partial charge in [-0.05, 0) is 120 Å². The Morgan fingerprint density at radius 1 is 0.315 bits per heavy atom. The first kappa shape index (κ1) is 32.0. The van der Waals surface area contributed by atoms with Crippen LogP contribution in [0.1, 0.15) is 25.0 Å². The van der Waals surface area contributed by atoms with Gasteiger partial charge in [0.15, 0.2) is 0 Å². The van der Waals surface area contributed by atoms with E-state index in [1.807, 2.05) is 0 Å². The zero-order valence-corrected chi connectivity index (χ0v) is 30.5. The monoisotopic (exact) mass is 689 g/mol. The molecule has 0 aromatic heterocycles. The maximum absolute atomic E-state index is 2.41. The summed E-state index contributed by atoms with van der Waals surface area (Å²) in [4.78, 5) is 2.41. The number of rotatable bonds is 6. The summed E-state index contributed by atoms with van der Waals surface area (Å²) in [5.74, 6) is 0. The fourth-order valence-electron chi connectivity index (χ4n) is 8.68. The number of fused-ring (bicyclic) bond motifs is 5. The minimum Gasteiger partial charge on any atom is -0.310 e. The van der Waals surface area contributed by atoms with E-state index in [-0.39, 0.29) is 5.41 Å². The largest absolute Gasteiger partial charge is 0.310 e. The van der Waals surface area contributed by atoms with Gasteiger partial charge >= 0.3 is 0 Å². The van der Waals surface area contributed by atoms with Crippen LogP contribution in [-0.2, 0) is 5.41 Å². The zero-order chi connectivity index (χ0) is 36.2. The highest BCUT2D eigenvalue weighted by Crippen LogP contribution is 2.50. The van der Waals surface area contributed by atoms with Gasteiger partial charge in [0.25, 0.3) is 0 Å². The van der Waals surface area contributed by atoms with Gasteiger partial charge < -0.3 is 4.90 Å². The lowest BCUT2D eigenvalue weighted by atomic mass is 9.82. The second kappa shape index (κ2) is 12.8. The van der Waals surface area contributed by atoms with E-state index in [9.17, 15) is 0 Å². The van der Waals surface area contributed by atoms with Crippen molar-refractivity contribution in [2.24, 2.45) is 0 Å². The SMILES string of the molecule is CC1(C)c2ccccc2-c2ccc(N(c3ccc(-c4ccc5c(-c6ccccc6)cccc5c4)cc3)c3ccc(-c4cccc5ccccc45)cc3)cc21. The van der Waals surface area contributed by atoms with E-state index >= 15 is 0 Å². The third-order valence-corrected chi connectivity index (χ3v) is 11.5. The molecule has 0 aliphatic heterocycles. The van der Waals surface area contributed by atoms with Gasteiger partial charge in [-0.3, -0.25) is 0 Å². The van der Waals surface area contributed by atoms with Gasteiger partial charge in [0.2, 0.25) is 0 Å². The molecule has 0 saturated heterocycles. The van der Waals surface area contributed by atoms with Crippen LogP contribution < -0.4 is 4.90 Å². The lowest BCUT2D eigenvalue weighted by Gasteiger charge is -2.28. The topological polar surface area (TPSA) is 3.24 Å². The maximum atomic E-state index is 2.41. The van der Waals surface area contributed by atoms with Crippen LogP contribution >= 0.6 is 0 Å². The number of hydrogen-bond acceptors (Lipinski definition) is 1. The highest BCUT2D eigenvalue weighted by molar-refractivity contribution is 5.99. The van der Waals surface area contributed by atoms with Gasteiger partial charge in [0.1, 0.15) is 0 Å². The second-order valence-electron chi connectivity index (χ2n) is 15.0. The van der Waals surface area contributed by atoms with E-state index in [4.69, 9.17) is 0 Å². The van der Waals surface area contributed by atoms with Crippen LogP contribution in [0.15, 0.2) is 200 Å². The summed E-state index contributed by atoms with van der Waals surface area (Å²) in [6.07, 6.45) is 0. The third kappa shape index (κ3) is 5.32. The average Bonchev–Trinajstić information content (AvgIpc) is 3.46. The van der Waals surface area contributed by atoms with E-state index in [1.165, 1.54) is 77.2 Å². The van der Waals surface area contributed by atoms with Crippen molar-refractivity contribution in [3.63, 3.8) is 0 Å². The molecule has 9 aromatic carbocycles. The molecule has 0 radical (unpaired) electrons. The molecule has 54 heavy (non-hydrogen) atoms. The van der Waals surface area contributed by atoms with Gasteiger partial charge in [-0.25, -0.2) is 0 Å². The minimum absolute atomic E-state index is 0.0911. The van der Waals surface area contributed by atoms with Crippen molar-refractivity contribution in [3.8, 4) is 44.5 Å². The van der Waals surface area contributed by atoms with Crippen LogP contribution in [0.4, 0.5) is 17.1 Å². The number of benzene rings is 9. The summed E-state index contributed by atoms with van der Waals surface area (Å²) in [5, 5.41) is 5.03. The van der Waals surface area contributed by atoms with Gasteiger partial charge in [-0.1, -0.05) is 172 Å². The Labute approximate surface area is 317 Å². The van der Waals surface area contributed by atoms with Gasteiger partial charge in [-0.15, -0.1) is 0 Å². The Morgan fingerprint density at radius 2 is 0.833 bits per heavy atom. The van der Waals surface area contributed by atoms with Crippen LogP contribution in [0.25, 0.3) is 66.1 Å². The predicted molar refractivity (Wildman–Crippen MR) is 230 cm³/mol. The Kier molecular flexibility index (Phi) is 7.56. The Morgan fingerprint density at radius 3 is 1.59 bits per heavy atom. The third-order valence-electron chi connectivity index (χ3n) is 11.5. The Balaban J connectivity index is 1.06. The highest BCUT2D eigenvalue weighted by atomic mass is 15.1. The van der Waals surface area contributed by atoms with E-state index in [0.29, 0.717) is 0 Å². The number of hydrogen-bond donors (Lipinski definition) is 0. The molecule has 0 heterocycles. The summed E-state index contributed by atoms with van der Waals surface area (Å²) in [6, 6.07) is 73.3. The molecular formula is C53H39N. The molecule has 0 N–H and O–H groups in total. The molecule has 0 saturated carbocycles. The molecule has 9 aromatic rings. The van der Waals surface area contributed by atoms with Crippen LogP contribution in [0, 0.1) is 0 Å². The van der Waals surface area contributed by atoms with Gasteiger partial charge in [0.05, 0.1) is 0 Å². The molecule has 0 amide bonds. The molecule has 1 aliphatic rings. The van der Waals surface area contributed by atoms with Gasteiger partial charge in [0, 0.05) is 22.5 Å². The molecule has 256 valence electrons. The van der Waals surface area contributed by atoms with Crippen LogP contribution in [0.2, 0.25) is 0 Å². The Hall–Kier alpha value is -6.70. The molecule has 0 fully saturated rings. The van der Waals surface area contributed by atoms with Crippen LogP contribution in [-0.4, -0.2) is 0 Å². The van der Waals surface area contributed by atoms with Crippen molar-refractivity contribution in [1.82, 2.24) is 0 Å². The van der Waals surface area contributed by atoms with Crippen molar-refractivity contribution in [3.05, 3.63) is 211 Å². The summed E-state index contributed by atoms with van der Waals surface area (Å²) >= 11 is 0. The summed E-state index contributed by atoms with van der Waals surface area (Å²) in [5.41, 5.74) is 16.1. The van der Waals surface area contributed by atoms with E-state index in [2.05, 4.69) is 219 Å². The van der Waals surface area contributed by atoms with Crippen molar-refractivity contribution in [2.45, 2.75) is 19.3 Å². The molecule has 0 unspecified atom stereocenters. The number of anilines is 3. The summed E-state index contributed by atoms with van der Waals surface area (Å²) in [6.45, 7) is 4.71. The lowest BCUT2D eigenvalue weighted by molar-refractivity contribution is 0.660. The first-order valence-electron chi connectivity index (χ1n) is 18.8. The Bertz CT molecular complexity index is 2820. The van der Waals surface area contributed by atoms with Crippen LogP contribution in [0.3, 0.4) is 0 Å². The number of nitrogens with zero attached hydrogens (tertiary/aromatic N) is 1. The van der Waals surface area contributed by atoms with E-state index in [1.54, 1.807) is 0 Å². The molecular weight excluding hydrogens is 651 g/mol. The fourth-order valence-corrected chi connectivity index (χ4v) is 8.68. The first-order chi connectivity index (χ1) is 26.5. The minimum atomic E-state index is -0.0911. The lowest BCUT2D eigenvalue weighted by Crippen LogP contribution is -2.16.